The highest BCUT2D eigenvalue weighted by Crippen LogP contribution is 2.33. The lowest BCUT2D eigenvalue weighted by atomic mass is 10.00. The molecule has 1 aromatic carbocycles. The van der Waals surface area contributed by atoms with Gasteiger partial charge >= 0.3 is 0 Å². The smallest absolute Gasteiger partial charge is 0.273 e. The second kappa shape index (κ2) is 4.79. The molecule has 0 aromatic heterocycles. The first-order chi connectivity index (χ1) is 7.52. The third kappa shape index (κ3) is 2.05. The zero-order valence-electron chi connectivity index (χ0n) is 9.74. The van der Waals surface area contributed by atoms with Gasteiger partial charge in [0.25, 0.3) is 5.69 Å². The number of ether oxygens (including phenoxy) is 1. The Balaban J connectivity index is 3.48. The van der Waals surface area contributed by atoms with E-state index in [1.54, 1.807) is 26.2 Å². The summed E-state index contributed by atoms with van der Waals surface area (Å²) in [7, 11) is 1.57. The van der Waals surface area contributed by atoms with Crippen LogP contribution in [0.25, 0.3) is 0 Å². The first-order valence-electron chi connectivity index (χ1n) is 4.95. The van der Waals surface area contributed by atoms with E-state index in [-0.39, 0.29) is 10.6 Å². The highest BCUT2D eigenvalue weighted by Gasteiger charge is 2.19. The summed E-state index contributed by atoms with van der Waals surface area (Å²) in [6, 6.07) is 1.56. The molecule has 0 radical (unpaired) electrons. The van der Waals surface area contributed by atoms with Crippen LogP contribution in [-0.2, 0) is 6.42 Å². The maximum atomic E-state index is 10.9. The molecule has 16 heavy (non-hydrogen) atoms. The summed E-state index contributed by atoms with van der Waals surface area (Å²) in [5.74, 6) is 0.711. The van der Waals surface area contributed by atoms with Crippen molar-refractivity contribution in [1.29, 1.82) is 0 Å². The molecule has 0 saturated heterocycles. The third-order valence-corrected chi connectivity index (χ3v) is 2.65. The van der Waals surface area contributed by atoms with Gasteiger partial charge in [0.2, 0.25) is 0 Å². The van der Waals surface area contributed by atoms with Gasteiger partial charge in [-0.15, -0.1) is 6.58 Å². The second-order valence-electron chi connectivity index (χ2n) is 3.59. The molecule has 4 nitrogen and oxygen atoms in total. The number of methoxy groups -OCH3 is 1. The minimum atomic E-state index is -0.367. The lowest BCUT2D eigenvalue weighted by Crippen LogP contribution is -2.01. The topological polar surface area (TPSA) is 52.4 Å². The van der Waals surface area contributed by atoms with Gasteiger partial charge in [-0.1, -0.05) is 6.08 Å². The maximum absolute atomic E-state index is 10.9. The maximum Gasteiger partial charge on any atom is 0.273 e. The van der Waals surface area contributed by atoms with Crippen molar-refractivity contribution >= 4 is 5.69 Å². The number of nitrogens with zero attached hydrogens (tertiary/aromatic N) is 1. The Bertz CT molecular complexity index is 438. The number of benzene rings is 1. The van der Waals surface area contributed by atoms with Gasteiger partial charge in [-0.05, 0) is 20.3 Å². The summed E-state index contributed by atoms with van der Waals surface area (Å²) in [6.45, 7) is 7.19. The van der Waals surface area contributed by atoms with Crippen LogP contribution in [0.15, 0.2) is 18.7 Å². The Morgan fingerprint density at radius 2 is 2.12 bits per heavy atom. The predicted octanol–water partition coefficient (Wildman–Crippen LogP) is 2.95. The van der Waals surface area contributed by atoms with Gasteiger partial charge in [-0.3, -0.25) is 10.1 Å². The van der Waals surface area contributed by atoms with Crippen LogP contribution in [0.4, 0.5) is 5.69 Å². The van der Waals surface area contributed by atoms with Crippen LogP contribution in [0.1, 0.15) is 16.7 Å². The number of rotatable bonds is 4. The molecule has 0 atom stereocenters. The van der Waals surface area contributed by atoms with E-state index in [2.05, 4.69) is 6.58 Å². The Morgan fingerprint density at radius 1 is 1.50 bits per heavy atom. The van der Waals surface area contributed by atoms with Crippen LogP contribution in [0.5, 0.6) is 5.75 Å². The number of nitro groups is 1. The van der Waals surface area contributed by atoms with Gasteiger partial charge in [0, 0.05) is 22.8 Å². The summed E-state index contributed by atoms with van der Waals surface area (Å²) in [5, 5.41) is 10.9. The van der Waals surface area contributed by atoms with Gasteiger partial charge in [-0.25, -0.2) is 0 Å². The monoisotopic (exact) mass is 221 g/mol. The van der Waals surface area contributed by atoms with E-state index in [4.69, 9.17) is 4.74 Å². The average molecular weight is 221 g/mol. The predicted molar refractivity (Wildman–Crippen MR) is 63.0 cm³/mol. The fourth-order valence-corrected chi connectivity index (χ4v) is 1.72. The molecular weight excluding hydrogens is 206 g/mol. The molecule has 0 aliphatic heterocycles. The van der Waals surface area contributed by atoms with Gasteiger partial charge in [0.05, 0.1) is 12.0 Å². The molecule has 86 valence electrons. The molecule has 0 amide bonds. The van der Waals surface area contributed by atoms with E-state index < -0.39 is 0 Å². The minimum absolute atomic E-state index is 0.134. The summed E-state index contributed by atoms with van der Waals surface area (Å²) in [6.07, 6.45) is 2.27. The first-order valence-corrected chi connectivity index (χ1v) is 4.95. The van der Waals surface area contributed by atoms with Gasteiger partial charge in [0.15, 0.2) is 0 Å². The minimum Gasteiger partial charge on any atom is -0.496 e. The summed E-state index contributed by atoms with van der Waals surface area (Å²) in [5.41, 5.74) is 2.39. The molecule has 0 N–H and O–H groups in total. The third-order valence-electron chi connectivity index (χ3n) is 2.65. The summed E-state index contributed by atoms with van der Waals surface area (Å²) >= 11 is 0. The lowest BCUT2D eigenvalue weighted by molar-refractivity contribution is -0.385. The average Bonchev–Trinajstić information content (AvgIpc) is 2.23. The Hall–Kier alpha value is -1.84. The van der Waals surface area contributed by atoms with Crippen LogP contribution >= 0.6 is 0 Å². The van der Waals surface area contributed by atoms with Gasteiger partial charge in [0.1, 0.15) is 5.75 Å². The molecule has 0 fully saturated rings. The number of hydrogen-bond acceptors (Lipinski definition) is 3. The first kappa shape index (κ1) is 12.2. The van der Waals surface area contributed by atoms with Crippen molar-refractivity contribution in [2.45, 2.75) is 20.3 Å². The Labute approximate surface area is 94.7 Å². The fraction of sp³-hybridized carbons (Fsp3) is 0.333. The molecule has 0 aliphatic carbocycles. The molecular formula is C12H15NO3. The number of allylic oxidation sites excluding steroid dienone is 1. The molecule has 1 rings (SSSR count). The van der Waals surface area contributed by atoms with Crippen molar-refractivity contribution in [2.75, 3.05) is 7.11 Å². The highest BCUT2D eigenvalue weighted by atomic mass is 16.6. The van der Waals surface area contributed by atoms with E-state index in [9.17, 15) is 10.1 Å². The Kier molecular flexibility index (Phi) is 3.66. The largest absolute Gasteiger partial charge is 0.496 e. The van der Waals surface area contributed by atoms with Crippen molar-refractivity contribution in [1.82, 2.24) is 0 Å². The van der Waals surface area contributed by atoms with Crippen molar-refractivity contribution in [3.63, 3.8) is 0 Å². The SMILES string of the molecule is C=CCc1cc([N+](=O)[O-])c(C)c(C)c1OC. The summed E-state index contributed by atoms with van der Waals surface area (Å²) in [4.78, 5) is 10.5. The van der Waals surface area contributed by atoms with Crippen molar-refractivity contribution in [2.24, 2.45) is 0 Å². The zero-order valence-corrected chi connectivity index (χ0v) is 9.74. The lowest BCUT2D eigenvalue weighted by Gasteiger charge is -2.12. The fourth-order valence-electron chi connectivity index (χ4n) is 1.72. The Morgan fingerprint density at radius 3 is 2.56 bits per heavy atom. The molecule has 0 aliphatic rings. The van der Waals surface area contributed by atoms with Crippen LogP contribution in [0.2, 0.25) is 0 Å². The van der Waals surface area contributed by atoms with Gasteiger partial charge < -0.3 is 4.74 Å². The number of hydrogen-bond donors (Lipinski definition) is 0. The second-order valence-corrected chi connectivity index (χ2v) is 3.59. The van der Waals surface area contributed by atoms with E-state index in [1.165, 1.54) is 0 Å². The quantitative estimate of drug-likeness (QED) is 0.446. The van der Waals surface area contributed by atoms with Crippen molar-refractivity contribution in [3.8, 4) is 5.75 Å². The molecule has 0 spiro atoms. The molecule has 0 saturated carbocycles. The molecule has 0 bridgehead atoms. The molecule has 1 aromatic rings. The van der Waals surface area contributed by atoms with Crippen LogP contribution < -0.4 is 4.74 Å². The highest BCUT2D eigenvalue weighted by molar-refractivity contribution is 5.56. The van der Waals surface area contributed by atoms with E-state index in [0.717, 1.165) is 11.1 Å². The summed E-state index contributed by atoms with van der Waals surface area (Å²) < 4.78 is 5.27. The van der Waals surface area contributed by atoms with E-state index >= 15 is 0 Å². The zero-order chi connectivity index (χ0) is 12.3. The van der Waals surface area contributed by atoms with Crippen LogP contribution in [0.3, 0.4) is 0 Å². The van der Waals surface area contributed by atoms with E-state index in [0.29, 0.717) is 17.7 Å². The number of nitro benzene ring substituents is 1. The normalized spacial score (nSPS) is 9.94. The van der Waals surface area contributed by atoms with Crippen LogP contribution in [-0.4, -0.2) is 12.0 Å². The van der Waals surface area contributed by atoms with E-state index in [1.807, 2.05) is 6.92 Å². The van der Waals surface area contributed by atoms with Crippen molar-refractivity contribution in [3.05, 3.63) is 45.5 Å². The van der Waals surface area contributed by atoms with Gasteiger partial charge in [-0.2, -0.15) is 0 Å². The molecule has 0 unspecified atom stereocenters. The van der Waals surface area contributed by atoms with Crippen molar-refractivity contribution < 1.29 is 9.66 Å². The van der Waals surface area contributed by atoms with Crippen LogP contribution in [0, 0.1) is 24.0 Å². The molecule has 0 heterocycles. The molecule has 4 heteroatoms. The standard InChI is InChI=1S/C12H15NO3/c1-5-6-10-7-11(13(14)15)8(2)9(3)12(10)16-4/h5,7H,1,6H2,2-4H3.